The van der Waals surface area contributed by atoms with Crippen LogP contribution < -0.4 is 10.6 Å². The van der Waals surface area contributed by atoms with Crippen molar-refractivity contribution in [3.63, 3.8) is 0 Å². The standard InChI is InChI=1S/C16H27N3O2S/c1-3-5-9-12-18-16(17-4-2)19-13-14-22(20,21)15-10-7-6-8-11-15/h6-8,10-11H,3-5,9,12-14H2,1-2H3,(H2,17,18,19). The van der Waals surface area contributed by atoms with E-state index in [-0.39, 0.29) is 5.75 Å². The molecular weight excluding hydrogens is 298 g/mol. The molecule has 0 spiro atoms. The lowest BCUT2D eigenvalue weighted by molar-refractivity contribution is 0.594. The van der Waals surface area contributed by atoms with Crippen LogP contribution in [0.2, 0.25) is 0 Å². The minimum atomic E-state index is -3.25. The van der Waals surface area contributed by atoms with Crippen molar-refractivity contribution in [3.8, 4) is 0 Å². The first-order valence-corrected chi connectivity index (χ1v) is 9.55. The van der Waals surface area contributed by atoms with Gasteiger partial charge in [0.2, 0.25) is 0 Å². The van der Waals surface area contributed by atoms with Crippen LogP contribution in [0, 0.1) is 0 Å². The molecule has 0 heterocycles. The quantitative estimate of drug-likeness (QED) is 0.415. The highest BCUT2D eigenvalue weighted by atomic mass is 32.2. The maximum Gasteiger partial charge on any atom is 0.191 e. The molecule has 0 bridgehead atoms. The van der Waals surface area contributed by atoms with Gasteiger partial charge in [-0.05, 0) is 25.5 Å². The second-order valence-electron chi connectivity index (χ2n) is 5.03. The van der Waals surface area contributed by atoms with Crippen molar-refractivity contribution in [3.05, 3.63) is 30.3 Å². The van der Waals surface area contributed by atoms with Gasteiger partial charge in [0.25, 0.3) is 0 Å². The van der Waals surface area contributed by atoms with E-state index >= 15 is 0 Å². The molecule has 6 heteroatoms. The third-order valence-corrected chi connectivity index (χ3v) is 4.87. The molecule has 0 radical (unpaired) electrons. The summed E-state index contributed by atoms with van der Waals surface area (Å²) in [6, 6.07) is 8.53. The van der Waals surface area contributed by atoms with Crippen molar-refractivity contribution in [2.75, 3.05) is 25.4 Å². The Balaban J connectivity index is 2.48. The topological polar surface area (TPSA) is 70.6 Å². The number of sulfone groups is 1. The van der Waals surface area contributed by atoms with E-state index in [0.29, 0.717) is 17.4 Å². The maximum atomic E-state index is 12.2. The molecule has 0 aliphatic rings. The van der Waals surface area contributed by atoms with Crippen molar-refractivity contribution < 1.29 is 8.42 Å². The lowest BCUT2D eigenvalue weighted by atomic mass is 10.2. The van der Waals surface area contributed by atoms with Gasteiger partial charge in [-0.15, -0.1) is 0 Å². The second-order valence-corrected chi connectivity index (χ2v) is 7.14. The van der Waals surface area contributed by atoms with E-state index in [4.69, 9.17) is 0 Å². The molecule has 1 rings (SSSR count). The van der Waals surface area contributed by atoms with E-state index in [1.807, 2.05) is 13.0 Å². The summed E-state index contributed by atoms with van der Waals surface area (Å²) in [5.41, 5.74) is 0. The molecule has 0 atom stereocenters. The Bertz CT molecular complexity index is 542. The first-order valence-electron chi connectivity index (χ1n) is 7.90. The summed E-state index contributed by atoms with van der Waals surface area (Å²) in [5, 5.41) is 6.21. The van der Waals surface area contributed by atoms with Gasteiger partial charge in [0.1, 0.15) is 0 Å². The van der Waals surface area contributed by atoms with E-state index in [9.17, 15) is 8.42 Å². The van der Waals surface area contributed by atoms with Crippen molar-refractivity contribution in [1.29, 1.82) is 0 Å². The highest BCUT2D eigenvalue weighted by Gasteiger charge is 2.13. The van der Waals surface area contributed by atoms with Crippen molar-refractivity contribution >= 4 is 15.8 Å². The summed E-state index contributed by atoms with van der Waals surface area (Å²) in [4.78, 5) is 4.81. The maximum absolute atomic E-state index is 12.2. The van der Waals surface area contributed by atoms with Gasteiger partial charge >= 0.3 is 0 Å². The monoisotopic (exact) mass is 325 g/mol. The van der Waals surface area contributed by atoms with Crippen LogP contribution in [0.1, 0.15) is 33.1 Å². The average Bonchev–Trinajstić information content (AvgIpc) is 2.52. The van der Waals surface area contributed by atoms with E-state index in [1.54, 1.807) is 24.3 Å². The second kappa shape index (κ2) is 10.2. The summed E-state index contributed by atoms with van der Waals surface area (Å²) >= 11 is 0. The fourth-order valence-corrected chi connectivity index (χ4v) is 3.12. The van der Waals surface area contributed by atoms with Crippen molar-refractivity contribution in [2.45, 2.75) is 38.0 Å². The molecular formula is C16H27N3O2S. The summed E-state index contributed by atoms with van der Waals surface area (Å²) in [5.74, 6) is 0.734. The Hall–Kier alpha value is -1.56. The summed E-state index contributed by atoms with van der Waals surface area (Å²) in [6.07, 6.45) is 3.37. The third-order valence-electron chi connectivity index (χ3n) is 3.14. The first kappa shape index (κ1) is 18.5. The molecule has 0 unspecified atom stereocenters. The average molecular weight is 325 g/mol. The molecule has 1 aromatic rings. The van der Waals surface area contributed by atoms with Crippen molar-refractivity contribution in [2.24, 2.45) is 4.99 Å². The van der Waals surface area contributed by atoms with E-state index in [1.165, 1.54) is 0 Å². The molecule has 0 amide bonds. The lowest BCUT2D eigenvalue weighted by Crippen LogP contribution is -2.39. The number of guanidine groups is 1. The van der Waals surface area contributed by atoms with Crippen LogP contribution in [0.5, 0.6) is 0 Å². The number of hydrogen-bond acceptors (Lipinski definition) is 3. The van der Waals surface area contributed by atoms with Crippen LogP contribution in [-0.4, -0.2) is 39.8 Å². The van der Waals surface area contributed by atoms with Gasteiger partial charge in [0, 0.05) is 19.6 Å². The third kappa shape index (κ3) is 6.93. The largest absolute Gasteiger partial charge is 0.357 e. The minimum absolute atomic E-state index is 0.0520. The Morgan fingerprint density at radius 3 is 2.45 bits per heavy atom. The number of nitrogens with one attached hydrogen (secondary N) is 2. The predicted octanol–water partition coefficient (Wildman–Crippen LogP) is 2.21. The van der Waals surface area contributed by atoms with Crippen molar-refractivity contribution in [1.82, 2.24) is 10.6 Å². The van der Waals surface area contributed by atoms with Crippen LogP contribution in [0.15, 0.2) is 40.2 Å². The molecule has 2 N–H and O–H groups in total. The fourth-order valence-electron chi connectivity index (χ4n) is 1.94. The van der Waals surface area contributed by atoms with Gasteiger partial charge in [0.05, 0.1) is 10.6 Å². The van der Waals surface area contributed by atoms with Crippen LogP contribution >= 0.6 is 0 Å². The van der Waals surface area contributed by atoms with Crippen LogP contribution in [0.3, 0.4) is 0 Å². The minimum Gasteiger partial charge on any atom is -0.357 e. The highest BCUT2D eigenvalue weighted by Crippen LogP contribution is 2.09. The first-order chi connectivity index (χ1) is 10.6. The van der Waals surface area contributed by atoms with E-state index in [2.05, 4.69) is 22.5 Å². The summed E-state index contributed by atoms with van der Waals surface area (Å²) in [6.45, 7) is 6.00. The molecule has 124 valence electrons. The number of benzene rings is 1. The van der Waals surface area contributed by atoms with Gasteiger partial charge in [-0.25, -0.2) is 8.42 Å². The van der Waals surface area contributed by atoms with Crippen LogP contribution in [0.25, 0.3) is 0 Å². The Morgan fingerprint density at radius 2 is 1.82 bits per heavy atom. The number of aliphatic imine (C=N–C) groups is 1. The molecule has 0 saturated heterocycles. The Labute approximate surface area is 134 Å². The zero-order valence-corrected chi connectivity index (χ0v) is 14.3. The number of rotatable bonds is 9. The lowest BCUT2D eigenvalue weighted by Gasteiger charge is -2.11. The molecule has 0 aliphatic carbocycles. The molecule has 0 fully saturated rings. The van der Waals surface area contributed by atoms with E-state index in [0.717, 1.165) is 32.4 Å². The van der Waals surface area contributed by atoms with Crippen LogP contribution in [-0.2, 0) is 9.84 Å². The molecule has 22 heavy (non-hydrogen) atoms. The fraction of sp³-hybridized carbons (Fsp3) is 0.562. The summed E-state index contributed by atoms with van der Waals surface area (Å²) < 4.78 is 24.3. The zero-order chi connectivity index (χ0) is 16.3. The van der Waals surface area contributed by atoms with Gasteiger partial charge < -0.3 is 10.6 Å². The molecule has 0 saturated carbocycles. The summed E-state index contributed by atoms with van der Waals surface area (Å²) in [7, 11) is -3.25. The number of hydrogen-bond donors (Lipinski definition) is 2. The number of unbranched alkanes of at least 4 members (excludes halogenated alkanes) is 2. The smallest absolute Gasteiger partial charge is 0.191 e. The normalized spacial score (nSPS) is 12.2. The molecule has 0 aromatic heterocycles. The Kier molecular flexibility index (Phi) is 8.58. The molecule has 5 nitrogen and oxygen atoms in total. The Morgan fingerprint density at radius 1 is 1.09 bits per heavy atom. The van der Waals surface area contributed by atoms with Crippen LogP contribution in [0.4, 0.5) is 0 Å². The van der Waals surface area contributed by atoms with E-state index < -0.39 is 9.84 Å². The predicted molar refractivity (Wildman–Crippen MR) is 92.0 cm³/mol. The number of nitrogens with zero attached hydrogens (tertiary/aromatic N) is 1. The SMILES string of the molecule is CCCCCN=C(NCC)NCCS(=O)(=O)c1ccccc1. The molecule has 1 aromatic carbocycles. The molecule has 0 aliphatic heterocycles. The van der Waals surface area contributed by atoms with Gasteiger partial charge in [-0.3, -0.25) is 4.99 Å². The highest BCUT2D eigenvalue weighted by molar-refractivity contribution is 7.91. The van der Waals surface area contributed by atoms with Gasteiger partial charge in [0.15, 0.2) is 15.8 Å². The van der Waals surface area contributed by atoms with Gasteiger partial charge in [-0.1, -0.05) is 38.0 Å². The zero-order valence-electron chi connectivity index (χ0n) is 13.5. The van der Waals surface area contributed by atoms with Gasteiger partial charge in [-0.2, -0.15) is 0 Å².